The molecule has 6 rings (SSSR count). The van der Waals surface area contributed by atoms with Crippen LogP contribution in [0.15, 0.2) is 58.0 Å². The van der Waals surface area contributed by atoms with E-state index in [0.717, 1.165) is 36.9 Å². The summed E-state index contributed by atoms with van der Waals surface area (Å²) in [5.74, 6) is 0.584. The molecule has 1 atom stereocenters. The molecule has 5 heterocycles. The number of imidazole rings is 2. The molecule has 0 fully saturated rings. The maximum absolute atomic E-state index is 13.7. The zero-order valence-corrected chi connectivity index (χ0v) is 19.2. The van der Waals surface area contributed by atoms with Gasteiger partial charge in [-0.15, -0.1) is 0 Å². The van der Waals surface area contributed by atoms with Crippen LogP contribution in [0.3, 0.4) is 0 Å². The maximum Gasteiger partial charge on any atom is 0.258 e. The third-order valence-electron chi connectivity index (χ3n) is 5.62. The van der Waals surface area contributed by atoms with Crippen LogP contribution in [0, 0.1) is 0 Å². The Kier molecular flexibility index (Phi) is 4.25. The number of nitrogens with one attached hydrogen (secondary N) is 2. The van der Waals surface area contributed by atoms with Crippen molar-refractivity contribution in [1.82, 2.24) is 34.4 Å². The predicted molar refractivity (Wildman–Crippen MR) is 122 cm³/mol. The molecule has 2 N–H and O–H groups in total. The van der Waals surface area contributed by atoms with Crippen LogP contribution in [0.2, 0.25) is 0 Å². The van der Waals surface area contributed by atoms with Crippen molar-refractivity contribution in [2.45, 2.75) is 12.5 Å². The first-order chi connectivity index (χ1) is 15.1. The number of H-pyrrole nitrogens is 2. The molecule has 4 aromatic heterocycles. The molecule has 1 amide bonds. The molecule has 154 valence electrons. The molecule has 0 bridgehead atoms. The Morgan fingerprint density at radius 3 is 2.94 bits per heavy atom. The van der Waals surface area contributed by atoms with Gasteiger partial charge in [0, 0.05) is 33.8 Å². The Morgan fingerprint density at radius 1 is 1.16 bits per heavy atom. The highest BCUT2D eigenvalue weighted by molar-refractivity contribution is 9.10. The number of carbonyl (C=O) groups excluding carboxylic acids is 1. The van der Waals surface area contributed by atoms with Gasteiger partial charge in [0.15, 0.2) is 0 Å². The van der Waals surface area contributed by atoms with E-state index in [9.17, 15) is 4.79 Å². The minimum Gasteiger partial charge on any atom is -0.348 e. The smallest absolute Gasteiger partial charge is 0.258 e. The highest BCUT2D eigenvalue weighted by Gasteiger charge is 2.37. The molecule has 1 aliphatic rings. The quantitative estimate of drug-likeness (QED) is 0.350. The number of hydrogen-bond acceptors (Lipinski definition) is 4. The molecule has 0 unspecified atom stereocenters. The van der Waals surface area contributed by atoms with Gasteiger partial charge in [-0.3, -0.25) is 4.79 Å². The number of pyridine rings is 1. The first-order valence-electron chi connectivity index (χ1n) is 9.69. The van der Waals surface area contributed by atoms with Gasteiger partial charge >= 0.3 is 0 Å². The molecular weight excluding hydrogens is 526 g/mol. The Hall–Kier alpha value is -2.98. The number of halogens is 2. The number of aromatic amines is 2. The van der Waals surface area contributed by atoms with E-state index in [4.69, 9.17) is 4.98 Å². The summed E-state index contributed by atoms with van der Waals surface area (Å²) in [5.41, 5.74) is 4.88. The van der Waals surface area contributed by atoms with Gasteiger partial charge in [-0.25, -0.2) is 14.5 Å². The van der Waals surface area contributed by atoms with Crippen LogP contribution in [-0.2, 0) is 6.42 Å². The summed E-state index contributed by atoms with van der Waals surface area (Å²) in [5, 5.41) is 4.35. The van der Waals surface area contributed by atoms with Crippen molar-refractivity contribution in [1.29, 1.82) is 0 Å². The number of benzene rings is 1. The average molecular weight is 541 g/mol. The van der Waals surface area contributed by atoms with Gasteiger partial charge in [-0.2, -0.15) is 5.10 Å². The van der Waals surface area contributed by atoms with E-state index in [-0.39, 0.29) is 5.91 Å². The number of aromatic nitrogens is 6. The monoisotopic (exact) mass is 539 g/mol. The van der Waals surface area contributed by atoms with E-state index < -0.39 is 6.04 Å². The summed E-state index contributed by atoms with van der Waals surface area (Å²) in [7, 11) is 0. The standard InChI is InChI=1S/C21H15Br2N7O/c22-11-1-2-14-16(7-11)28-20(27-14)19-18-15(24-10-25-18)4-5-29(19)21(31)13-9-26-30-6-3-12(23)8-17(13)30/h1-3,6-10,19H,4-5H2,(H,24,25)(H,27,28)/t19-/m0/s1. The minimum absolute atomic E-state index is 0.103. The maximum atomic E-state index is 13.7. The van der Waals surface area contributed by atoms with E-state index in [1.54, 1.807) is 17.0 Å². The number of amides is 1. The van der Waals surface area contributed by atoms with Crippen molar-refractivity contribution in [2.75, 3.05) is 6.54 Å². The fraction of sp³-hybridized carbons (Fsp3) is 0.143. The summed E-state index contributed by atoms with van der Waals surface area (Å²) in [6, 6.07) is 9.25. The largest absolute Gasteiger partial charge is 0.348 e. The lowest BCUT2D eigenvalue weighted by atomic mass is 10.0. The lowest BCUT2D eigenvalue weighted by molar-refractivity contribution is 0.0686. The zero-order chi connectivity index (χ0) is 21.1. The molecule has 1 aromatic carbocycles. The second kappa shape index (κ2) is 7.03. The van der Waals surface area contributed by atoms with Crippen LogP contribution in [-0.4, -0.2) is 46.9 Å². The molecule has 0 aliphatic carbocycles. The van der Waals surface area contributed by atoms with E-state index in [2.05, 4.69) is 51.9 Å². The van der Waals surface area contributed by atoms with Crippen LogP contribution in [0.25, 0.3) is 16.6 Å². The SMILES string of the molecule is O=C(c1cnn2ccc(Br)cc12)N1CCc2[nH]cnc2[C@H]1c1nc2ccc(Br)cc2[nH]1. The number of carbonyl (C=O) groups is 1. The minimum atomic E-state index is -0.421. The summed E-state index contributed by atoms with van der Waals surface area (Å²) >= 11 is 6.99. The van der Waals surface area contributed by atoms with E-state index >= 15 is 0 Å². The van der Waals surface area contributed by atoms with Crippen LogP contribution >= 0.6 is 31.9 Å². The molecule has 31 heavy (non-hydrogen) atoms. The molecule has 1 aliphatic heterocycles. The van der Waals surface area contributed by atoms with E-state index in [1.807, 2.05) is 41.4 Å². The molecule has 0 spiro atoms. The number of nitrogens with zero attached hydrogens (tertiary/aromatic N) is 5. The van der Waals surface area contributed by atoms with Gasteiger partial charge in [-0.1, -0.05) is 31.9 Å². The van der Waals surface area contributed by atoms with Crippen LogP contribution < -0.4 is 0 Å². The second-order valence-electron chi connectivity index (χ2n) is 7.43. The van der Waals surface area contributed by atoms with Crippen molar-refractivity contribution in [3.05, 3.63) is 80.8 Å². The Morgan fingerprint density at radius 2 is 2.03 bits per heavy atom. The summed E-state index contributed by atoms with van der Waals surface area (Å²) in [4.78, 5) is 31.5. The fourth-order valence-electron chi connectivity index (χ4n) is 4.18. The molecule has 10 heteroatoms. The van der Waals surface area contributed by atoms with Gasteiger partial charge in [-0.05, 0) is 30.3 Å². The van der Waals surface area contributed by atoms with Gasteiger partial charge < -0.3 is 14.9 Å². The summed E-state index contributed by atoms with van der Waals surface area (Å²) in [6.45, 7) is 0.546. The van der Waals surface area contributed by atoms with Crippen molar-refractivity contribution >= 4 is 54.3 Å². The molecular formula is C21H15Br2N7O. The van der Waals surface area contributed by atoms with Crippen LogP contribution in [0.1, 0.15) is 33.6 Å². The van der Waals surface area contributed by atoms with E-state index in [0.29, 0.717) is 24.4 Å². The van der Waals surface area contributed by atoms with Crippen molar-refractivity contribution < 1.29 is 4.79 Å². The zero-order valence-electron chi connectivity index (χ0n) is 16.0. The van der Waals surface area contributed by atoms with Gasteiger partial charge in [0.25, 0.3) is 5.91 Å². The van der Waals surface area contributed by atoms with Gasteiger partial charge in [0.05, 0.1) is 40.3 Å². The summed E-state index contributed by atoms with van der Waals surface area (Å²) in [6.07, 6.45) is 5.83. The summed E-state index contributed by atoms with van der Waals surface area (Å²) < 4.78 is 3.56. The first-order valence-corrected chi connectivity index (χ1v) is 11.3. The van der Waals surface area contributed by atoms with Gasteiger partial charge in [0.2, 0.25) is 0 Å². The van der Waals surface area contributed by atoms with Crippen LogP contribution in [0.5, 0.6) is 0 Å². The third kappa shape index (κ3) is 3.01. The van der Waals surface area contributed by atoms with Crippen molar-refractivity contribution in [3.63, 3.8) is 0 Å². The number of rotatable bonds is 2. The third-order valence-corrected chi connectivity index (χ3v) is 6.61. The average Bonchev–Trinajstić information content (AvgIpc) is 3.49. The first kappa shape index (κ1) is 18.8. The van der Waals surface area contributed by atoms with Crippen molar-refractivity contribution in [2.24, 2.45) is 0 Å². The number of hydrogen-bond donors (Lipinski definition) is 2. The fourth-order valence-corrected chi connectivity index (χ4v) is 4.87. The second-order valence-corrected chi connectivity index (χ2v) is 9.27. The molecule has 5 aromatic rings. The highest BCUT2D eigenvalue weighted by atomic mass is 79.9. The van der Waals surface area contributed by atoms with Gasteiger partial charge in [0.1, 0.15) is 11.9 Å². The van der Waals surface area contributed by atoms with E-state index in [1.165, 1.54) is 0 Å². The lowest BCUT2D eigenvalue weighted by Gasteiger charge is -2.33. The lowest BCUT2D eigenvalue weighted by Crippen LogP contribution is -2.41. The molecule has 0 radical (unpaired) electrons. The highest BCUT2D eigenvalue weighted by Crippen LogP contribution is 2.35. The number of fused-ring (bicyclic) bond motifs is 3. The Labute approximate surface area is 193 Å². The molecule has 0 saturated heterocycles. The molecule has 0 saturated carbocycles. The topological polar surface area (TPSA) is 95.0 Å². The Balaban J connectivity index is 1.49. The van der Waals surface area contributed by atoms with Crippen LogP contribution in [0.4, 0.5) is 0 Å². The predicted octanol–water partition coefficient (Wildman–Crippen LogP) is 4.25. The normalized spacial score (nSPS) is 16.2. The van der Waals surface area contributed by atoms with Crippen molar-refractivity contribution in [3.8, 4) is 0 Å². The molecule has 8 nitrogen and oxygen atoms in total. The Bertz CT molecular complexity index is 1470.